The zero-order chi connectivity index (χ0) is 39.2. The lowest BCUT2D eigenvalue weighted by molar-refractivity contribution is -0.149. The second kappa shape index (κ2) is 24.8. The fourth-order valence-corrected chi connectivity index (χ4v) is 5.65. The summed E-state index contributed by atoms with van der Waals surface area (Å²) in [6, 6.07) is 2.21. The van der Waals surface area contributed by atoms with Crippen molar-refractivity contribution in [2.75, 3.05) is 18.6 Å². The van der Waals surface area contributed by atoms with Gasteiger partial charge >= 0.3 is 5.97 Å². The van der Waals surface area contributed by atoms with E-state index in [4.69, 9.17) is 17.2 Å². The summed E-state index contributed by atoms with van der Waals surface area (Å²) < 4.78 is 0. The van der Waals surface area contributed by atoms with E-state index in [2.05, 4.69) is 16.0 Å². The van der Waals surface area contributed by atoms with Gasteiger partial charge in [0.05, 0.1) is 12.5 Å². The highest BCUT2D eigenvalue weighted by Gasteiger charge is 2.37. The van der Waals surface area contributed by atoms with Crippen molar-refractivity contribution < 1.29 is 43.5 Å². The summed E-state index contributed by atoms with van der Waals surface area (Å²) in [5, 5.41) is 16.8. The number of nitrogens with zero attached hydrogens (tertiary/aromatic N) is 1. The molecule has 0 aliphatic rings. The van der Waals surface area contributed by atoms with Gasteiger partial charge in [-0.05, 0) is 68.6 Å². The van der Waals surface area contributed by atoms with Gasteiger partial charge in [-0.2, -0.15) is 11.8 Å². The summed E-state index contributed by atoms with van der Waals surface area (Å²) in [4.78, 5) is 104. The molecule has 1 rings (SSSR count). The van der Waals surface area contributed by atoms with Crippen LogP contribution >= 0.6 is 11.8 Å². The standard InChI is InChI=1S/C35H54N7O9S/c1-22(2)19-24(21-43)42(30(45)15-12-23-9-5-4-6-10-23)35(51)27(13-14-29(38)44)40-33(49)26(16-18-52-3)39-34(50)28(20-31(46)47)41-32(48)25(37)11-7-8-17-36/h4-6,9-10,22,24-28H,7-8,11-20,36-37H2,1-3H3,(H2,38,44)(H,39,50)(H,40,49)(H,41,48)(H,46,47)/t24-,25-,26-,27-,28-/m0/s1. The van der Waals surface area contributed by atoms with Crippen molar-refractivity contribution in [3.63, 3.8) is 0 Å². The molecule has 5 atom stereocenters. The van der Waals surface area contributed by atoms with Crippen molar-refractivity contribution in [1.82, 2.24) is 20.9 Å². The normalized spacial score (nSPS) is 13.9. The quantitative estimate of drug-likeness (QED) is 0.0612. The number of thioether (sulfide) groups is 1. The van der Waals surface area contributed by atoms with Crippen LogP contribution in [0, 0.1) is 5.92 Å². The molecule has 0 bridgehead atoms. The van der Waals surface area contributed by atoms with E-state index < -0.39 is 78.0 Å². The van der Waals surface area contributed by atoms with E-state index in [1.165, 1.54) is 11.8 Å². The van der Waals surface area contributed by atoms with E-state index in [1.807, 2.05) is 6.07 Å². The zero-order valence-corrected chi connectivity index (χ0v) is 31.0. The fourth-order valence-electron chi connectivity index (χ4n) is 5.18. The maximum Gasteiger partial charge on any atom is 0.305 e. The molecule has 289 valence electrons. The van der Waals surface area contributed by atoms with E-state index in [-0.39, 0.29) is 50.9 Å². The third kappa shape index (κ3) is 17.2. The summed E-state index contributed by atoms with van der Waals surface area (Å²) in [7, 11) is 0. The van der Waals surface area contributed by atoms with Crippen LogP contribution in [0.4, 0.5) is 0 Å². The molecule has 10 N–H and O–H groups in total. The number of primary amides is 1. The van der Waals surface area contributed by atoms with Crippen LogP contribution < -0.4 is 33.2 Å². The van der Waals surface area contributed by atoms with E-state index in [0.29, 0.717) is 25.1 Å². The minimum atomic E-state index is -1.60. The number of rotatable bonds is 26. The molecule has 6 amide bonds. The number of hydrogen-bond acceptors (Lipinski definition) is 11. The predicted molar refractivity (Wildman–Crippen MR) is 196 cm³/mol. The molecule has 0 fully saturated rings. The predicted octanol–water partition coefficient (Wildman–Crippen LogP) is -0.0972. The summed E-state index contributed by atoms with van der Waals surface area (Å²) in [6.07, 6.45) is 3.60. The number of carboxylic acids is 1. The van der Waals surface area contributed by atoms with Gasteiger partial charge in [0.1, 0.15) is 24.2 Å². The smallest absolute Gasteiger partial charge is 0.305 e. The number of aryl methyl sites for hydroxylation is 1. The van der Waals surface area contributed by atoms with Crippen molar-refractivity contribution in [2.24, 2.45) is 23.1 Å². The number of nitrogens with one attached hydrogen (secondary N) is 3. The largest absolute Gasteiger partial charge is 0.481 e. The monoisotopic (exact) mass is 748 g/mol. The number of imide groups is 1. The number of unbranched alkanes of at least 4 members (excludes halogenated alkanes) is 1. The van der Waals surface area contributed by atoms with E-state index >= 15 is 0 Å². The van der Waals surface area contributed by atoms with Crippen LogP contribution in [-0.4, -0.2) is 106 Å². The Balaban J connectivity index is 3.38. The minimum Gasteiger partial charge on any atom is -0.481 e. The van der Waals surface area contributed by atoms with Crippen molar-refractivity contribution in [3.05, 3.63) is 35.9 Å². The Morgan fingerprint density at radius 3 is 2.04 bits per heavy atom. The topological polar surface area (TPSA) is 274 Å². The summed E-state index contributed by atoms with van der Waals surface area (Å²) in [5.74, 6) is -6.30. The lowest BCUT2D eigenvalue weighted by Crippen LogP contribution is -2.59. The van der Waals surface area contributed by atoms with Crippen LogP contribution in [0.15, 0.2) is 30.3 Å². The average Bonchev–Trinajstić information content (AvgIpc) is 3.09. The Morgan fingerprint density at radius 2 is 1.48 bits per heavy atom. The lowest BCUT2D eigenvalue weighted by Gasteiger charge is -2.32. The number of hydrogen-bond donors (Lipinski definition) is 7. The first-order valence-corrected chi connectivity index (χ1v) is 18.7. The van der Waals surface area contributed by atoms with Gasteiger partial charge in [-0.25, -0.2) is 0 Å². The number of carboxylic acid groups (broad SMARTS) is 1. The first kappa shape index (κ1) is 45.7. The molecule has 0 saturated carbocycles. The van der Waals surface area contributed by atoms with Crippen LogP contribution in [0.3, 0.4) is 0 Å². The first-order chi connectivity index (χ1) is 24.6. The lowest BCUT2D eigenvalue weighted by atomic mass is 10.00. The number of benzene rings is 1. The van der Waals surface area contributed by atoms with Gasteiger partial charge in [-0.1, -0.05) is 50.6 Å². The number of carbonyl (C=O) groups is 7. The van der Waals surface area contributed by atoms with Crippen molar-refractivity contribution in [2.45, 2.75) is 108 Å². The molecule has 0 aliphatic heterocycles. The Morgan fingerprint density at radius 1 is 0.865 bits per heavy atom. The maximum atomic E-state index is 14.1. The first-order valence-electron chi connectivity index (χ1n) is 17.3. The minimum absolute atomic E-state index is 0.0135. The van der Waals surface area contributed by atoms with E-state index in [9.17, 15) is 43.5 Å². The Kier molecular flexibility index (Phi) is 21.8. The highest BCUT2D eigenvalue weighted by Crippen LogP contribution is 2.17. The molecular formula is C35H54N7O9S. The molecule has 0 aliphatic carbocycles. The second-order valence-electron chi connectivity index (χ2n) is 12.8. The van der Waals surface area contributed by atoms with Gasteiger partial charge < -0.3 is 38.3 Å². The molecule has 0 heterocycles. The number of aliphatic carboxylic acids is 1. The summed E-state index contributed by atoms with van der Waals surface area (Å²) in [6.45, 7) is 3.98. The Labute approximate surface area is 309 Å². The molecule has 0 unspecified atom stereocenters. The maximum absolute atomic E-state index is 14.1. The molecule has 52 heavy (non-hydrogen) atoms. The molecule has 17 heteroatoms. The van der Waals surface area contributed by atoms with Gasteiger partial charge in [0.15, 0.2) is 0 Å². The van der Waals surface area contributed by atoms with Gasteiger partial charge in [0, 0.05) is 12.8 Å². The number of amides is 6. The molecule has 1 aromatic rings. The highest BCUT2D eigenvalue weighted by atomic mass is 32.2. The number of nitrogens with two attached hydrogens (primary N) is 3. The third-order valence-corrected chi connectivity index (χ3v) is 8.62. The van der Waals surface area contributed by atoms with Gasteiger partial charge in [-0.15, -0.1) is 0 Å². The number of carbonyl (C=O) groups excluding carboxylic acids is 7. The molecule has 0 saturated heterocycles. The Bertz CT molecular complexity index is 1350. The third-order valence-electron chi connectivity index (χ3n) is 7.97. The van der Waals surface area contributed by atoms with Crippen LogP contribution in [0.5, 0.6) is 0 Å². The average molecular weight is 749 g/mol. The van der Waals surface area contributed by atoms with Crippen LogP contribution in [0.1, 0.15) is 77.2 Å². The Hall–Kier alpha value is -4.35. The van der Waals surface area contributed by atoms with Crippen molar-refractivity contribution in [1.29, 1.82) is 0 Å². The molecule has 1 radical (unpaired) electrons. The van der Waals surface area contributed by atoms with Gasteiger partial charge in [0.25, 0.3) is 5.91 Å². The van der Waals surface area contributed by atoms with Gasteiger partial charge in [-0.3, -0.25) is 43.3 Å². The zero-order valence-electron chi connectivity index (χ0n) is 30.1. The van der Waals surface area contributed by atoms with Crippen LogP contribution in [0.2, 0.25) is 0 Å². The molecule has 1 aromatic carbocycles. The molecule has 0 aromatic heterocycles. The summed E-state index contributed by atoms with van der Waals surface area (Å²) in [5.41, 5.74) is 17.6. The fraction of sp³-hybridized carbons (Fsp3) is 0.600. The molecular weight excluding hydrogens is 694 g/mol. The van der Waals surface area contributed by atoms with Crippen LogP contribution in [0.25, 0.3) is 0 Å². The molecule has 0 spiro atoms. The van der Waals surface area contributed by atoms with Gasteiger partial charge in [0.2, 0.25) is 35.8 Å². The molecule has 16 nitrogen and oxygen atoms in total. The van der Waals surface area contributed by atoms with E-state index in [1.54, 1.807) is 50.7 Å². The van der Waals surface area contributed by atoms with Crippen LogP contribution in [-0.2, 0) is 44.8 Å². The summed E-state index contributed by atoms with van der Waals surface area (Å²) >= 11 is 1.34. The van der Waals surface area contributed by atoms with Crippen molar-refractivity contribution >= 4 is 59.5 Å². The second-order valence-corrected chi connectivity index (χ2v) is 13.8. The highest BCUT2D eigenvalue weighted by molar-refractivity contribution is 7.98. The van der Waals surface area contributed by atoms with E-state index in [0.717, 1.165) is 10.5 Å². The van der Waals surface area contributed by atoms with Crippen molar-refractivity contribution in [3.8, 4) is 0 Å². The SMILES string of the molecule is CSCC[C@H](NC(=O)[C@H](CC(=O)O)NC(=O)[C@@H](N)CCCCN)C(=O)N[C@@H](CCC(N)=O)C(=O)N(C(=O)CCc1ccccc1)[C@H]([C]=O)CC(C)C.